The summed E-state index contributed by atoms with van der Waals surface area (Å²) >= 11 is 5.90. The maximum Gasteiger partial charge on any atom is 0.272 e. The molecule has 2 amide bonds. The number of aromatic amines is 1. The minimum atomic E-state index is -0.0892. The Morgan fingerprint density at radius 2 is 1.73 bits per heavy atom. The van der Waals surface area contributed by atoms with Crippen LogP contribution in [0.4, 0.5) is 0 Å². The normalized spacial score (nSPS) is 14.8. The summed E-state index contributed by atoms with van der Waals surface area (Å²) in [5.41, 5.74) is 2.06. The van der Waals surface area contributed by atoms with E-state index in [4.69, 9.17) is 11.6 Å². The Hall–Kier alpha value is -2.34. The molecule has 7 heteroatoms. The Kier molecular flexibility index (Phi) is 5.61. The van der Waals surface area contributed by atoms with Gasteiger partial charge in [-0.15, -0.1) is 0 Å². The van der Waals surface area contributed by atoms with Gasteiger partial charge in [-0.2, -0.15) is 5.10 Å². The van der Waals surface area contributed by atoms with Crippen LogP contribution in [0.25, 0.3) is 11.3 Å². The van der Waals surface area contributed by atoms with Crippen LogP contribution in [0, 0.1) is 5.92 Å². The van der Waals surface area contributed by atoms with E-state index in [9.17, 15) is 9.59 Å². The minimum Gasteiger partial charge on any atom is -0.339 e. The lowest BCUT2D eigenvalue weighted by atomic mass is 10.1. The van der Waals surface area contributed by atoms with Crippen LogP contribution in [0.3, 0.4) is 0 Å². The van der Waals surface area contributed by atoms with Crippen molar-refractivity contribution in [1.29, 1.82) is 0 Å². The van der Waals surface area contributed by atoms with E-state index in [0.717, 1.165) is 5.56 Å². The van der Waals surface area contributed by atoms with Gasteiger partial charge in [-0.1, -0.05) is 37.6 Å². The largest absolute Gasteiger partial charge is 0.339 e. The van der Waals surface area contributed by atoms with E-state index in [2.05, 4.69) is 10.2 Å². The fraction of sp³-hybridized carbons (Fsp3) is 0.421. The van der Waals surface area contributed by atoms with Crippen molar-refractivity contribution in [3.63, 3.8) is 0 Å². The molecule has 0 atom stereocenters. The standard InChI is InChI=1S/C19H23ClN4O2/c1-13(2)11-18(25)23-7-9-24(10-8-23)19(26)17-12-16(21-22-17)14-3-5-15(20)6-4-14/h3-6,12-13H,7-11H2,1-2H3,(H,21,22). The number of piperazine rings is 1. The zero-order valence-electron chi connectivity index (χ0n) is 15.0. The van der Waals surface area contributed by atoms with Gasteiger partial charge in [0.05, 0.1) is 5.69 Å². The van der Waals surface area contributed by atoms with Gasteiger partial charge in [0.2, 0.25) is 5.91 Å². The molecule has 0 bridgehead atoms. The highest BCUT2D eigenvalue weighted by molar-refractivity contribution is 6.30. The predicted molar refractivity (Wildman–Crippen MR) is 101 cm³/mol. The molecule has 138 valence electrons. The van der Waals surface area contributed by atoms with Crippen LogP contribution in [0.2, 0.25) is 5.02 Å². The summed E-state index contributed by atoms with van der Waals surface area (Å²) in [5.74, 6) is 0.422. The molecular weight excluding hydrogens is 352 g/mol. The molecule has 1 aromatic carbocycles. The number of benzene rings is 1. The van der Waals surface area contributed by atoms with Crippen molar-refractivity contribution in [2.45, 2.75) is 20.3 Å². The molecule has 1 saturated heterocycles. The number of amides is 2. The van der Waals surface area contributed by atoms with Gasteiger partial charge < -0.3 is 9.80 Å². The van der Waals surface area contributed by atoms with Gasteiger partial charge in [0.15, 0.2) is 0 Å². The molecule has 2 aromatic rings. The van der Waals surface area contributed by atoms with E-state index < -0.39 is 0 Å². The van der Waals surface area contributed by atoms with Crippen molar-refractivity contribution in [2.75, 3.05) is 26.2 Å². The Bertz CT molecular complexity index is 777. The van der Waals surface area contributed by atoms with Crippen LogP contribution in [-0.2, 0) is 4.79 Å². The van der Waals surface area contributed by atoms with Crippen LogP contribution in [0.15, 0.2) is 30.3 Å². The first kappa shape index (κ1) is 18.5. The first-order chi connectivity index (χ1) is 12.4. The van der Waals surface area contributed by atoms with E-state index in [1.807, 2.05) is 30.9 Å². The predicted octanol–water partition coefficient (Wildman–Crippen LogP) is 3.06. The summed E-state index contributed by atoms with van der Waals surface area (Å²) < 4.78 is 0. The molecule has 3 rings (SSSR count). The molecule has 6 nitrogen and oxygen atoms in total. The SMILES string of the molecule is CC(C)CC(=O)N1CCN(C(=O)c2cc(-c3ccc(Cl)cc3)n[nH]2)CC1. The van der Waals surface area contributed by atoms with Gasteiger partial charge in [-0.3, -0.25) is 14.7 Å². The first-order valence-corrected chi connectivity index (χ1v) is 9.20. The molecule has 1 aliphatic heterocycles. The topological polar surface area (TPSA) is 69.3 Å². The van der Waals surface area contributed by atoms with Crippen molar-refractivity contribution in [2.24, 2.45) is 5.92 Å². The smallest absolute Gasteiger partial charge is 0.272 e. The number of halogens is 1. The Balaban J connectivity index is 1.61. The van der Waals surface area contributed by atoms with Gasteiger partial charge in [-0.25, -0.2) is 0 Å². The molecular formula is C19H23ClN4O2. The van der Waals surface area contributed by atoms with E-state index in [-0.39, 0.29) is 11.8 Å². The van der Waals surface area contributed by atoms with E-state index in [1.165, 1.54) is 0 Å². The summed E-state index contributed by atoms with van der Waals surface area (Å²) in [4.78, 5) is 28.4. The Morgan fingerprint density at radius 3 is 2.35 bits per heavy atom. The van der Waals surface area contributed by atoms with E-state index in [1.54, 1.807) is 23.1 Å². The fourth-order valence-corrected chi connectivity index (χ4v) is 3.13. The highest BCUT2D eigenvalue weighted by Crippen LogP contribution is 2.21. The summed E-state index contributed by atoms with van der Waals surface area (Å²) in [7, 11) is 0. The monoisotopic (exact) mass is 374 g/mol. The Labute approximate surface area is 158 Å². The summed E-state index contributed by atoms with van der Waals surface area (Å²) in [5, 5.41) is 7.71. The molecule has 0 radical (unpaired) electrons. The fourth-order valence-electron chi connectivity index (χ4n) is 3.01. The lowest BCUT2D eigenvalue weighted by Crippen LogP contribution is -2.50. The quantitative estimate of drug-likeness (QED) is 0.894. The molecule has 2 heterocycles. The second-order valence-corrected chi connectivity index (χ2v) is 7.38. The molecule has 26 heavy (non-hydrogen) atoms. The third kappa shape index (κ3) is 4.25. The molecule has 0 spiro atoms. The molecule has 0 aliphatic carbocycles. The lowest BCUT2D eigenvalue weighted by Gasteiger charge is -2.34. The van der Waals surface area contributed by atoms with E-state index in [0.29, 0.717) is 54.9 Å². The third-order valence-electron chi connectivity index (χ3n) is 4.45. The molecule has 0 saturated carbocycles. The summed E-state index contributed by atoms with van der Waals surface area (Å²) in [6.45, 7) is 6.31. The number of hydrogen-bond acceptors (Lipinski definition) is 3. The summed E-state index contributed by atoms with van der Waals surface area (Å²) in [6.07, 6.45) is 0.555. The van der Waals surface area contributed by atoms with Crippen molar-refractivity contribution < 1.29 is 9.59 Å². The van der Waals surface area contributed by atoms with Crippen molar-refractivity contribution in [3.8, 4) is 11.3 Å². The highest BCUT2D eigenvalue weighted by atomic mass is 35.5. The van der Waals surface area contributed by atoms with E-state index >= 15 is 0 Å². The van der Waals surface area contributed by atoms with Crippen molar-refractivity contribution in [3.05, 3.63) is 41.0 Å². The van der Waals surface area contributed by atoms with Crippen LogP contribution < -0.4 is 0 Å². The number of carbonyl (C=O) groups excluding carboxylic acids is 2. The number of aromatic nitrogens is 2. The van der Waals surface area contributed by atoms with Crippen molar-refractivity contribution in [1.82, 2.24) is 20.0 Å². The second kappa shape index (κ2) is 7.91. The highest BCUT2D eigenvalue weighted by Gasteiger charge is 2.26. The van der Waals surface area contributed by atoms with Crippen LogP contribution in [-0.4, -0.2) is 58.0 Å². The van der Waals surface area contributed by atoms with Gasteiger partial charge in [-0.05, 0) is 24.1 Å². The average molecular weight is 375 g/mol. The average Bonchev–Trinajstić information content (AvgIpc) is 3.11. The molecule has 1 aromatic heterocycles. The first-order valence-electron chi connectivity index (χ1n) is 8.82. The third-order valence-corrected chi connectivity index (χ3v) is 4.70. The van der Waals surface area contributed by atoms with Gasteiger partial charge in [0, 0.05) is 43.2 Å². The van der Waals surface area contributed by atoms with Crippen molar-refractivity contribution >= 4 is 23.4 Å². The molecule has 1 N–H and O–H groups in total. The number of hydrogen-bond donors (Lipinski definition) is 1. The number of carbonyl (C=O) groups is 2. The minimum absolute atomic E-state index is 0.0892. The maximum absolute atomic E-state index is 12.7. The number of nitrogens with zero attached hydrogens (tertiary/aromatic N) is 3. The van der Waals surface area contributed by atoms with Crippen LogP contribution >= 0.6 is 11.6 Å². The number of H-pyrrole nitrogens is 1. The van der Waals surface area contributed by atoms with Gasteiger partial charge >= 0.3 is 0 Å². The maximum atomic E-state index is 12.7. The Morgan fingerprint density at radius 1 is 1.12 bits per heavy atom. The van der Waals surface area contributed by atoms with Gasteiger partial charge in [0.25, 0.3) is 5.91 Å². The molecule has 1 aliphatic rings. The van der Waals surface area contributed by atoms with Gasteiger partial charge in [0.1, 0.15) is 5.69 Å². The lowest BCUT2D eigenvalue weighted by molar-refractivity contribution is -0.133. The van der Waals surface area contributed by atoms with Crippen LogP contribution in [0.5, 0.6) is 0 Å². The zero-order valence-corrected chi connectivity index (χ0v) is 15.8. The number of nitrogens with one attached hydrogen (secondary N) is 1. The second-order valence-electron chi connectivity index (χ2n) is 6.94. The molecule has 1 fully saturated rings. The number of rotatable bonds is 4. The van der Waals surface area contributed by atoms with Crippen LogP contribution in [0.1, 0.15) is 30.8 Å². The zero-order chi connectivity index (χ0) is 18.7. The molecule has 0 unspecified atom stereocenters. The summed E-state index contributed by atoms with van der Waals surface area (Å²) in [6, 6.07) is 9.07.